The molecule has 0 saturated carbocycles. The van der Waals surface area contributed by atoms with Gasteiger partial charge in [-0.1, -0.05) is 6.92 Å². The Balaban J connectivity index is 2.98. The van der Waals surface area contributed by atoms with Gasteiger partial charge in [0.2, 0.25) is 0 Å². The van der Waals surface area contributed by atoms with Gasteiger partial charge in [-0.3, -0.25) is 0 Å². The lowest BCUT2D eigenvalue weighted by Gasteiger charge is -2.15. The molecule has 2 N–H and O–H groups in total. The van der Waals surface area contributed by atoms with E-state index in [1.807, 2.05) is 6.92 Å². The molecule has 0 radical (unpaired) electrons. The van der Waals surface area contributed by atoms with Crippen LogP contribution < -0.4 is 5.32 Å². The van der Waals surface area contributed by atoms with E-state index in [0.29, 0.717) is 12.7 Å². The first-order chi connectivity index (χ1) is 9.25. The summed E-state index contributed by atoms with van der Waals surface area (Å²) in [4.78, 5) is 14.3. The first kappa shape index (κ1) is 16.2. The number of carbonyl (C=O) groups is 1. The van der Waals surface area contributed by atoms with Crippen molar-refractivity contribution in [1.82, 2.24) is 4.98 Å². The number of nitrogens with zero attached hydrogens (tertiary/aromatic N) is 1. The number of pyridine rings is 1. The van der Waals surface area contributed by atoms with Crippen LogP contribution in [0.2, 0.25) is 0 Å². The molecule has 0 spiro atoms. The Hall–Kier alpha value is -1.83. The van der Waals surface area contributed by atoms with Crippen LogP contribution in [0.15, 0.2) is 12.1 Å². The highest BCUT2D eigenvalue weighted by Gasteiger charge is 2.33. The smallest absolute Gasteiger partial charge is 0.433 e. The zero-order chi connectivity index (χ0) is 15.3. The lowest BCUT2D eigenvalue weighted by Crippen LogP contribution is -2.19. The molecule has 1 aromatic heterocycles. The summed E-state index contributed by atoms with van der Waals surface area (Å²) in [6.45, 7) is 2.46. The van der Waals surface area contributed by atoms with Crippen molar-refractivity contribution < 1.29 is 27.8 Å². The Morgan fingerprint density at radius 1 is 1.50 bits per heavy atom. The molecule has 0 amide bonds. The standard InChI is InChI=1S/C12H15F3N2O3/c1-7(6-20-2)5-16-10-8(11(18)19)3-4-9(17-10)12(13,14)15/h3-4,7H,5-6H2,1-2H3,(H,16,17)(H,18,19). The van der Waals surface area contributed by atoms with E-state index in [1.165, 1.54) is 7.11 Å². The van der Waals surface area contributed by atoms with Crippen LogP contribution in [0.3, 0.4) is 0 Å². The summed E-state index contributed by atoms with van der Waals surface area (Å²) in [5.74, 6) is -1.64. The third-order valence-electron chi connectivity index (χ3n) is 2.49. The maximum Gasteiger partial charge on any atom is 0.433 e. The van der Waals surface area contributed by atoms with Gasteiger partial charge >= 0.3 is 12.1 Å². The summed E-state index contributed by atoms with van der Waals surface area (Å²) in [5, 5.41) is 11.6. The summed E-state index contributed by atoms with van der Waals surface area (Å²) in [7, 11) is 1.50. The number of rotatable bonds is 6. The molecule has 0 saturated heterocycles. The van der Waals surface area contributed by atoms with E-state index in [2.05, 4.69) is 10.3 Å². The second kappa shape index (κ2) is 6.56. The molecule has 1 rings (SSSR count). The van der Waals surface area contributed by atoms with Crippen LogP contribution in [0.25, 0.3) is 0 Å². The van der Waals surface area contributed by atoms with Crippen molar-refractivity contribution in [3.8, 4) is 0 Å². The van der Waals surface area contributed by atoms with Crippen LogP contribution in [-0.4, -0.2) is 36.3 Å². The predicted molar refractivity (Wildman–Crippen MR) is 65.7 cm³/mol. The number of hydrogen-bond acceptors (Lipinski definition) is 4. The highest BCUT2D eigenvalue weighted by atomic mass is 19.4. The van der Waals surface area contributed by atoms with Crippen molar-refractivity contribution >= 4 is 11.8 Å². The third kappa shape index (κ3) is 4.37. The molecule has 8 heteroatoms. The summed E-state index contributed by atoms with van der Waals surface area (Å²) in [5.41, 5.74) is -1.44. The largest absolute Gasteiger partial charge is 0.478 e. The molecule has 0 fully saturated rings. The predicted octanol–water partition coefficient (Wildman–Crippen LogP) is 2.49. The van der Waals surface area contributed by atoms with E-state index in [-0.39, 0.29) is 23.8 Å². The topological polar surface area (TPSA) is 71.5 Å². The van der Waals surface area contributed by atoms with Crippen molar-refractivity contribution in [2.45, 2.75) is 13.1 Å². The van der Waals surface area contributed by atoms with Gasteiger partial charge in [0.25, 0.3) is 0 Å². The van der Waals surface area contributed by atoms with Gasteiger partial charge in [-0.2, -0.15) is 13.2 Å². The molecule has 5 nitrogen and oxygen atoms in total. The Morgan fingerprint density at radius 3 is 2.65 bits per heavy atom. The molecule has 0 bridgehead atoms. The normalized spacial score (nSPS) is 13.1. The van der Waals surface area contributed by atoms with Crippen LogP contribution >= 0.6 is 0 Å². The highest BCUT2D eigenvalue weighted by Crippen LogP contribution is 2.29. The number of carboxylic acids is 1. The summed E-state index contributed by atoms with van der Waals surface area (Å²) in [6.07, 6.45) is -4.62. The minimum absolute atomic E-state index is 0.00186. The maximum absolute atomic E-state index is 12.6. The number of methoxy groups -OCH3 is 1. The average Bonchev–Trinajstić information content (AvgIpc) is 2.35. The fraction of sp³-hybridized carbons (Fsp3) is 0.500. The van der Waals surface area contributed by atoms with Crippen molar-refractivity contribution in [2.75, 3.05) is 25.6 Å². The second-order valence-electron chi connectivity index (χ2n) is 4.34. The molecule has 0 aliphatic carbocycles. The van der Waals surface area contributed by atoms with E-state index in [1.54, 1.807) is 0 Å². The van der Waals surface area contributed by atoms with Gasteiger partial charge in [-0.15, -0.1) is 0 Å². The van der Waals surface area contributed by atoms with Gasteiger partial charge in [0.1, 0.15) is 17.1 Å². The number of anilines is 1. The van der Waals surface area contributed by atoms with Gasteiger partial charge in [-0.05, 0) is 18.1 Å². The van der Waals surface area contributed by atoms with Gasteiger partial charge in [0, 0.05) is 13.7 Å². The number of carboxylic acid groups (broad SMARTS) is 1. The second-order valence-corrected chi connectivity index (χ2v) is 4.34. The molecule has 112 valence electrons. The zero-order valence-corrected chi connectivity index (χ0v) is 11.0. The molecule has 1 heterocycles. The van der Waals surface area contributed by atoms with E-state index < -0.39 is 17.8 Å². The van der Waals surface area contributed by atoms with Gasteiger partial charge in [-0.25, -0.2) is 9.78 Å². The Labute approximate surface area is 113 Å². The van der Waals surface area contributed by atoms with Crippen LogP contribution in [0, 0.1) is 5.92 Å². The van der Waals surface area contributed by atoms with Crippen LogP contribution in [0.5, 0.6) is 0 Å². The van der Waals surface area contributed by atoms with E-state index >= 15 is 0 Å². The van der Waals surface area contributed by atoms with Gasteiger partial charge < -0.3 is 15.2 Å². The summed E-state index contributed by atoms with van der Waals surface area (Å²) >= 11 is 0. The van der Waals surface area contributed by atoms with Crippen LogP contribution in [0.4, 0.5) is 19.0 Å². The molecule has 0 aliphatic rings. The minimum atomic E-state index is -4.62. The molecule has 20 heavy (non-hydrogen) atoms. The highest BCUT2D eigenvalue weighted by molar-refractivity contribution is 5.93. The molecular formula is C12H15F3N2O3. The molecule has 1 atom stereocenters. The maximum atomic E-state index is 12.6. The first-order valence-corrected chi connectivity index (χ1v) is 5.80. The molecule has 1 aromatic rings. The molecular weight excluding hydrogens is 277 g/mol. The van der Waals surface area contributed by atoms with Gasteiger partial charge in [0.05, 0.1) is 6.61 Å². The number of halogens is 3. The van der Waals surface area contributed by atoms with Crippen molar-refractivity contribution in [3.05, 3.63) is 23.4 Å². The Morgan fingerprint density at radius 2 is 2.15 bits per heavy atom. The first-order valence-electron chi connectivity index (χ1n) is 5.80. The summed E-state index contributed by atoms with van der Waals surface area (Å²) in [6, 6.07) is 1.54. The lowest BCUT2D eigenvalue weighted by molar-refractivity contribution is -0.141. The fourth-order valence-corrected chi connectivity index (χ4v) is 1.54. The van der Waals surface area contributed by atoms with Crippen molar-refractivity contribution in [3.63, 3.8) is 0 Å². The zero-order valence-electron chi connectivity index (χ0n) is 11.0. The summed E-state index contributed by atoms with van der Waals surface area (Å²) < 4.78 is 42.6. The number of alkyl halides is 3. The third-order valence-corrected chi connectivity index (χ3v) is 2.49. The van der Waals surface area contributed by atoms with Crippen LogP contribution in [-0.2, 0) is 10.9 Å². The fourth-order valence-electron chi connectivity index (χ4n) is 1.54. The molecule has 1 unspecified atom stereocenters. The number of aromatic nitrogens is 1. The van der Waals surface area contributed by atoms with Crippen molar-refractivity contribution in [2.24, 2.45) is 5.92 Å². The number of hydrogen-bond donors (Lipinski definition) is 2. The van der Waals surface area contributed by atoms with E-state index in [0.717, 1.165) is 6.07 Å². The lowest BCUT2D eigenvalue weighted by atomic mass is 10.2. The molecule has 0 aliphatic heterocycles. The van der Waals surface area contributed by atoms with Crippen LogP contribution in [0.1, 0.15) is 23.0 Å². The Bertz CT molecular complexity index is 478. The monoisotopic (exact) mass is 292 g/mol. The molecule has 0 aromatic carbocycles. The average molecular weight is 292 g/mol. The Kier molecular flexibility index (Phi) is 5.32. The number of aromatic carboxylic acids is 1. The SMILES string of the molecule is COCC(C)CNc1nc(C(F)(F)F)ccc1C(=O)O. The number of ether oxygens (including phenoxy) is 1. The quantitative estimate of drug-likeness (QED) is 0.843. The van der Waals surface area contributed by atoms with E-state index in [4.69, 9.17) is 9.84 Å². The van der Waals surface area contributed by atoms with E-state index in [9.17, 15) is 18.0 Å². The van der Waals surface area contributed by atoms with Crippen molar-refractivity contribution in [1.29, 1.82) is 0 Å². The van der Waals surface area contributed by atoms with Gasteiger partial charge in [0.15, 0.2) is 0 Å². The minimum Gasteiger partial charge on any atom is -0.478 e. The number of nitrogens with one attached hydrogen (secondary N) is 1.